The zero-order chi connectivity index (χ0) is 14.7. The maximum atomic E-state index is 12.0. The smallest absolute Gasteiger partial charge is 0.193 e. The van der Waals surface area contributed by atoms with Gasteiger partial charge in [0.2, 0.25) is 0 Å². The summed E-state index contributed by atoms with van der Waals surface area (Å²) >= 11 is 0. The van der Waals surface area contributed by atoms with Crippen LogP contribution in [-0.2, 0) is 0 Å². The average Bonchev–Trinajstić information content (AvgIpc) is 2.39. The number of hydrogen-bond acceptors (Lipinski definition) is 3. The molecule has 0 amide bonds. The molecule has 2 aromatic rings. The molecule has 20 heavy (non-hydrogen) atoms. The monoisotopic (exact) mass is 268 g/mol. The summed E-state index contributed by atoms with van der Waals surface area (Å²) in [6.07, 6.45) is 1.12. The topological polar surface area (TPSA) is 57.5 Å². The Hall–Kier alpha value is -2.55. The Balaban J connectivity index is 2.29. The Labute approximate surface area is 117 Å². The highest BCUT2D eigenvalue weighted by atomic mass is 16.3. The van der Waals surface area contributed by atoms with Crippen LogP contribution in [0.5, 0.6) is 5.75 Å². The highest BCUT2D eigenvalue weighted by molar-refractivity contribution is 6.09. The molecule has 3 heteroatoms. The highest BCUT2D eigenvalue weighted by Crippen LogP contribution is 2.21. The molecule has 0 fully saturated rings. The molecule has 102 valence electrons. The van der Waals surface area contributed by atoms with Crippen molar-refractivity contribution in [2.45, 2.75) is 13.8 Å². The predicted molar refractivity (Wildman–Crippen MR) is 79.0 cm³/mol. The number of phenols is 1. The number of aliphatic hydroxyl groups is 1. The second-order valence-corrected chi connectivity index (χ2v) is 4.78. The number of aliphatic hydroxyl groups excluding tert-OH is 1. The first-order valence-electron chi connectivity index (χ1n) is 6.29. The van der Waals surface area contributed by atoms with Gasteiger partial charge in [-0.3, -0.25) is 4.79 Å². The lowest BCUT2D eigenvalue weighted by molar-refractivity contribution is 0.104. The summed E-state index contributed by atoms with van der Waals surface area (Å²) in [6.45, 7) is 3.77. The lowest BCUT2D eigenvalue weighted by atomic mass is 10.0. The van der Waals surface area contributed by atoms with Gasteiger partial charge in [-0.2, -0.15) is 0 Å². The van der Waals surface area contributed by atoms with Crippen molar-refractivity contribution in [3.63, 3.8) is 0 Å². The van der Waals surface area contributed by atoms with E-state index in [1.165, 1.54) is 6.07 Å². The van der Waals surface area contributed by atoms with Crippen LogP contribution in [0, 0.1) is 13.8 Å². The number of carbonyl (C=O) groups excluding carboxylic acids is 1. The Morgan fingerprint density at radius 3 is 2.20 bits per heavy atom. The number of allylic oxidation sites excluding steroid dienone is 1. The van der Waals surface area contributed by atoms with E-state index < -0.39 is 5.78 Å². The number of benzene rings is 2. The normalized spacial score (nSPS) is 11.4. The number of carbonyl (C=O) groups is 1. The van der Waals surface area contributed by atoms with Gasteiger partial charge in [-0.05, 0) is 31.5 Å². The van der Waals surface area contributed by atoms with Gasteiger partial charge in [-0.15, -0.1) is 0 Å². The van der Waals surface area contributed by atoms with Gasteiger partial charge in [-0.25, -0.2) is 0 Å². The van der Waals surface area contributed by atoms with E-state index in [-0.39, 0.29) is 17.1 Å². The van der Waals surface area contributed by atoms with Gasteiger partial charge in [0.15, 0.2) is 5.78 Å². The van der Waals surface area contributed by atoms with Gasteiger partial charge < -0.3 is 10.2 Å². The fourth-order valence-electron chi connectivity index (χ4n) is 1.86. The second-order valence-electron chi connectivity index (χ2n) is 4.78. The molecule has 0 saturated carbocycles. The molecule has 0 aliphatic rings. The van der Waals surface area contributed by atoms with Crippen LogP contribution in [0.3, 0.4) is 0 Å². The molecule has 0 unspecified atom stereocenters. The van der Waals surface area contributed by atoms with E-state index in [9.17, 15) is 15.0 Å². The van der Waals surface area contributed by atoms with E-state index in [4.69, 9.17) is 0 Å². The van der Waals surface area contributed by atoms with Crippen LogP contribution in [0.4, 0.5) is 0 Å². The first kappa shape index (κ1) is 13.9. The molecular formula is C17H16O3. The quantitative estimate of drug-likeness (QED) is 0.506. The van der Waals surface area contributed by atoms with E-state index in [2.05, 4.69) is 0 Å². The third-order valence-electron chi connectivity index (χ3n) is 3.03. The average molecular weight is 268 g/mol. The minimum atomic E-state index is -0.430. The molecule has 3 nitrogen and oxygen atoms in total. The maximum Gasteiger partial charge on any atom is 0.193 e. The molecule has 0 aliphatic heterocycles. The molecule has 0 bridgehead atoms. The number of rotatable bonds is 3. The summed E-state index contributed by atoms with van der Waals surface area (Å²) in [5.41, 5.74) is 2.68. The van der Waals surface area contributed by atoms with Crippen molar-refractivity contribution in [2.24, 2.45) is 0 Å². The standard InChI is InChI=1S/C17H16O3/c1-11-3-6-13(7-4-11)15(18)10-17(20)14-8-5-12(2)9-16(14)19/h3-10,18-19H,1-2H3/b15-10+. The summed E-state index contributed by atoms with van der Waals surface area (Å²) in [5.74, 6) is -0.626. The zero-order valence-corrected chi connectivity index (χ0v) is 11.4. The van der Waals surface area contributed by atoms with Crippen LogP contribution in [-0.4, -0.2) is 16.0 Å². The van der Waals surface area contributed by atoms with Crippen LogP contribution in [0.25, 0.3) is 5.76 Å². The summed E-state index contributed by atoms with van der Waals surface area (Å²) in [6, 6.07) is 12.0. The highest BCUT2D eigenvalue weighted by Gasteiger charge is 2.10. The van der Waals surface area contributed by atoms with Crippen LogP contribution in [0.15, 0.2) is 48.5 Å². The SMILES string of the molecule is Cc1ccc(/C(O)=C\C(=O)c2ccc(C)cc2O)cc1. The molecule has 0 aromatic heterocycles. The van der Waals surface area contributed by atoms with Crippen LogP contribution in [0.2, 0.25) is 0 Å². The number of aryl methyl sites for hydroxylation is 2. The van der Waals surface area contributed by atoms with Crippen LogP contribution >= 0.6 is 0 Å². The summed E-state index contributed by atoms with van der Waals surface area (Å²) in [7, 11) is 0. The third-order valence-corrected chi connectivity index (χ3v) is 3.03. The van der Waals surface area contributed by atoms with Crippen molar-refractivity contribution in [1.29, 1.82) is 0 Å². The van der Waals surface area contributed by atoms with E-state index >= 15 is 0 Å². The van der Waals surface area contributed by atoms with Gasteiger partial charge in [0.25, 0.3) is 0 Å². The zero-order valence-electron chi connectivity index (χ0n) is 11.4. The number of aromatic hydroxyl groups is 1. The lowest BCUT2D eigenvalue weighted by Gasteiger charge is -2.04. The van der Waals surface area contributed by atoms with Crippen molar-refractivity contribution < 1.29 is 15.0 Å². The predicted octanol–water partition coefficient (Wildman–Crippen LogP) is 3.79. The van der Waals surface area contributed by atoms with Crippen LogP contribution < -0.4 is 0 Å². The molecule has 2 N–H and O–H groups in total. The largest absolute Gasteiger partial charge is 0.507 e. The van der Waals surface area contributed by atoms with Gasteiger partial charge in [-0.1, -0.05) is 35.9 Å². The van der Waals surface area contributed by atoms with Crippen molar-refractivity contribution in [3.8, 4) is 5.75 Å². The Bertz CT molecular complexity index is 667. The lowest BCUT2D eigenvalue weighted by Crippen LogP contribution is -1.97. The fraction of sp³-hybridized carbons (Fsp3) is 0.118. The molecule has 0 spiro atoms. The van der Waals surface area contributed by atoms with Gasteiger partial charge in [0.1, 0.15) is 11.5 Å². The number of hydrogen-bond donors (Lipinski definition) is 2. The van der Waals surface area contributed by atoms with Crippen molar-refractivity contribution in [3.05, 3.63) is 70.8 Å². The van der Waals surface area contributed by atoms with Crippen molar-refractivity contribution in [1.82, 2.24) is 0 Å². The minimum Gasteiger partial charge on any atom is -0.507 e. The fourth-order valence-corrected chi connectivity index (χ4v) is 1.86. The first-order valence-corrected chi connectivity index (χ1v) is 6.29. The van der Waals surface area contributed by atoms with Crippen molar-refractivity contribution in [2.75, 3.05) is 0 Å². The number of phenolic OH excluding ortho intramolecular Hbond substituents is 1. The van der Waals surface area contributed by atoms with Gasteiger partial charge >= 0.3 is 0 Å². The van der Waals surface area contributed by atoms with E-state index in [0.717, 1.165) is 17.2 Å². The third kappa shape index (κ3) is 3.06. The molecule has 0 radical (unpaired) electrons. The Morgan fingerprint density at radius 1 is 1.00 bits per heavy atom. The van der Waals surface area contributed by atoms with Crippen molar-refractivity contribution >= 4 is 11.5 Å². The summed E-state index contributed by atoms with van der Waals surface area (Å²) in [4.78, 5) is 12.0. The van der Waals surface area contributed by atoms with E-state index in [0.29, 0.717) is 5.56 Å². The van der Waals surface area contributed by atoms with Gasteiger partial charge in [0.05, 0.1) is 5.56 Å². The molecule has 0 saturated heterocycles. The minimum absolute atomic E-state index is 0.0806. The molecular weight excluding hydrogens is 252 g/mol. The van der Waals surface area contributed by atoms with E-state index in [1.807, 2.05) is 26.0 Å². The molecule has 2 rings (SSSR count). The Kier molecular flexibility index (Phi) is 3.89. The first-order chi connectivity index (χ1) is 9.47. The molecule has 0 aliphatic carbocycles. The molecule has 0 atom stereocenters. The maximum absolute atomic E-state index is 12.0. The second kappa shape index (κ2) is 5.61. The number of ketones is 1. The summed E-state index contributed by atoms with van der Waals surface area (Å²) in [5, 5.41) is 19.7. The van der Waals surface area contributed by atoms with Gasteiger partial charge in [0, 0.05) is 11.6 Å². The molecule has 2 aromatic carbocycles. The Morgan fingerprint density at radius 2 is 1.60 bits per heavy atom. The summed E-state index contributed by atoms with van der Waals surface area (Å²) < 4.78 is 0. The van der Waals surface area contributed by atoms with Crippen LogP contribution in [0.1, 0.15) is 27.0 Å². The van der Waals surface area contributed by atoms with E-state index in [1.54, 1.807) is 24.3 Å². The molecule has 0 heterocycles.